The zero-order valence-electron chi connectivity index (χ0n) is 13.0. The molecule has 10 heteroatoms. The molecule has 4 N–H and O–H groups in total. The predicted octanol–water partition coefficient (Wildman–Crippen LogP) is 1.13. The van der Waals surface area contributed by atoms with E-state index in [-0.39, 0.29) is 51.4 Å². The highest BCUT2D eigenvalue weighted by atomic mass is 17.2. The van der Waals surface area contributed by atoms with Crippen molar-refractivity contribution in [2.24, 2.45) is 0 Å². The van der Waals surface area contributed by atoms with Gasteiger partial charge in [-0.3, -0.25) is 9.59 Å². The normalized spacial score (nSPS) is 13.2. The van der Waals surface area contributed by atoms with Gasteiger partial charge in [-0.1, -0.05) is 0 Å². The molecular weight excluding hydrogens is 328 g/mol. The first-order valence-corrected chi connectivity index (χ1v) is 7.45. The van der Waals surface area contributed by atoms with Crippen molar-refractivity contribution in [3.05, 3.63) is 0 Å². The molecule has 2 unspecified atom stereocenters. The van der Waals surface area contributed by atoms with Crippen LogP contribution in [0.2, 0.25) is 0 Å². The first-order valence-electron chi connectivity index (χ1n) is 7.45. The topological polar surface area (TPSA) is 168 Å². The summed E-state index contributed by atoms with van der Waals surface area (Å²) in [5.41, 5.74) is 0. The van der Waals surface area contributed by atoms with Crippen LogP contribution in [-0.4, -0.2) is 56.5 Å². The summed E-state index contributed by atoms with van der Waals surface area (Å²) in [6.45, 7) is 0. The molecule has 138 valence electrons. The Balaban J connectivity index is 4.24. The Morgan fingerprint density at radius 2 is 0.958 bits per heavy atom. The fourth-order valence-electron chi connectivity index (χ4n) is 1.77. The number of carbonyl (C=O) groups is 4. The first kappa shape index (κ1) is 21.8. The Morgan fingerprint density at radius 1 is 0.625 bits per heavy atom. The second-order valence-electron chi connectivity index (χ2n) is 5.13. The number of hydrogen-bond donors (Lipinski definition) is 4. The zero-order chi connectivity index (χ0) is 18.5. The molecule has 2 atom stereocenters. The predicted molar refractivity (Wildman–Crippen MR) is 77.2 cm³/mol. The van der Waals surface area contributed by atoms with Gasteiger partial charge in [-0.05, 0) is 38.5 Å². The van der Waals surface area contributed by atoms with E-state index in [2.05, 4.69) is 9.78 Å². The molecule has 0 radical (unpaired) electrons. The van der Waals surface area contributed by atoms with E-state index in [9.17, 15) is 19.2 Å². The van der Waals surface area contributed by atoms with Gasteiger partial charge in [-0.15, -0.1) is 0 Å². The van der Waals surface area contributed by atoms with E-state index in [1.54, 1.807) is 0 Å². The second-order valence-corrected chi connectivity index (χ2v) is 5.13. The van der Waals surface area contributed by atoms with Crippen LogP contribution < -0.4 is 0 Å². The standard InChI is InChI=1S/C14H22O10/c15-11(16)7-3-1-5-9(13(19)20)23-24-10(14(21)22)6-2-4-8-12(17)18/h9-10H,1-8H2,(H,15,16)(H,17,18)(H,19,20)(H,21,22). The van der Waals surface area contributed by atoms with Crippen LogP contribution in [0.1, 0.15) is 51.4 Å². The number of aliphatic carboxylic acids is 4. The molecule has 0 aromatic carbocycles. The molecule has 0 aliphatic heterocycles. The highest BCUT2D eigenvalue weighted by Crippen LogP contribution is 2.13. The molecule has 10 nitrogen and oxygen atoms in total. The Labute approximate surface area is 137 Å². The van der Waals surface area contributed by atoms with E-state index in [1.807, 2.05) is 0 Å². The lowest BCUT2D eigenvalue weighted by molar-refractivity contribution is -0.343. The van der Waals surface area contributed by atoms with Crippen LogP contribution in [0.15, 0.2) is 0 Å². The third kappa shape index (κ3) is 11.4. The van der Waals surface area contributed by atoms with Crippen LogP contribution in [-0.2, 0) is 29.0 Å². The molecule has 0 saturated heterocycles. The van der Waals surface area contributed by atoms with Gasteiger partial charge in [0, 0.05) is 12.8 Å². The van der Waals surface area contributed by atoms with E-state index in [0.29, 0.717) is 0 Å². The van der Waals surface area contributed by atoms with Gasteiger partial charge in [0.25, 0.3) is 0 Å². The van der Waals surface area contributed by atoms with Crippen molar-refractivity contribution < 1.29 is 49.4 Å². The van der Waals surface area contributed by atoms with Gasteiger partial charge in [0.2, 0.25) is 0 Å². The largest absolute Gasteiger partial charge is 0.481 e. The minimum Gasteiger partial charge on any atom is -0.481 e. The molecular formula is C14H22O10. The molecule has 0 bridgehead atoms. The summed E-state index contributed by atoms with van der Waals surface area (Å²) in [5, 5.41) is 34.9. The third-order valence-electron chi connectivity index (χ3n) is 3.05. The van der Waals surface area contributed by atoms with Gasteiger partial charge < -0.3 is 20.4 Å². The Morgan fingerprint density at radius 3 is 1.21 bits per heavy atom. The van der Waals surface area contributed by atoms with Crippen LogP contribution in [0.4, 0.5) is 0 Å². The number of rotatable bonds is 15. The monoisotopic (exact) mass is 350 g/mol. The number of carboxylic acids is 4. The summed E-state index contributed by atoms with van der Waals surface area (Å²) in [6.07, 6.45) is -1.99. The summed E-state index contributed by atoms with van der Waals surface area (Å²) in [4.78, 5) is 52.1. The molecule has 0 heterocycles. The number of unbranched alkanes of at least 4 members (excludes halogenated alkanes) is 2. The maximum atomic E-state index is 11.0. The van der Waals surface area contributed by atoms with Crippen LogP contribution in [0, 0.1) is 0 Å². The number of hydrogen-bond acceptors (Lipinski definition) is 6. The van der Waals surface area contributed by atoms with E-state index in [1.165, 1.54) is 0 Å². The van der Waals surface area contributed by atoms with Crippen molar-refractivity contribution >= 4 is 23.9 Å². The molecule has 0 aromatic rings. The quantitative estimate of drug-likeness (QED) is 0.191. The average molecular weight is 350 g/mol. The Hall–Kier alpha value is -2.20. The Kier molecular flexibility index (Phi) is 11.1. The van der Waals surface area contributed by atoms with Gasteiger partial charge in [0.1, 0.15) is 0 Å². The molecule has 24 heavy (non-hydrogen) atoms. The second kappa shape index (κ2) is 12.3. The van der Waals surface area contributed by atoms with Crippen molar-refractivity contribution in [1.82, 2.24) is 0 Å². The molecule has 0 amide bonds. The lowest BCUT2D eigenvalue weighted by atomic mass is 10.1. The SMILES string of the molecule is O=C(O)CCCCC(OOC(CCCCC(=O)O)C(=O)O)C(=O)O. The average Bonchev–Trinajstić information content (AvgIpc) is 2.46. The molecule has 0 aliphatic carbocycles. The maximum absolute atomic E-state index is 11.0. The summed E-state index contributed by atoms with van der Waals surface area (Å²) in [6, 6.07) is 0. The van der Waals surface area contributed by atoms with Gasteiger partial charge >= 0.3 is 23.9 Å². The molecule has 0 fully saturated rings. The van der Waals surface area contributed by atoms with Crippen LogP contribution in [0.3, 0.4) is 0 Å². The van der Waals surface area contributed by atoms with E-state index in [4.69, 9.17) is 20.4 Å². The lowest BCUT2D eigenvalue weighted by Gasteiger charge is -2.16. The molecule has 0 saturated carbocycles. The highest BCUT2D eigenvalue weighted by molar-refractivity contribution is 5.73. The first-order chi connectivity index (χ1) is 11.2. The van der Waals surface area contributed by atoms with Crippen LogP contribution >= 0.6 is 0 Å². The van der Waals surface area contributed by atoms with Crippen molar-refractivity contribution in [2.75, 3.05) is 0 Å². The minimum absolute atomic E-state index is 0.0199. The lowest BCUT2D eigenvalue weighted by Crippen LogP contribution is -2.30. The van der Waals surface area contributed by atoms with Crippen molar-refractivity contribution in [3.8, 4) is 0 Å². The van der Waals surface area contributed by atoms with Crippen molar-refractivity contribution in [2.45, 2.75) is 63.6 Å². The minimum atomic E-state index is -1.40. The van der Waals surface area contributed by atoms with Crippen LogP contribution in [0.25, 0.3) is 0 Å². The Bertz CT molecular complexity index is 393. The van der Waals surface area contributed by atoms with E-state index >= 15 is 0 Å². The van der Waals surface area contributed by atoms with Crippen molar-refractivity contribution in [1.29, 1.82) is 0 Å². The summed E-state index contributed by atoms with van der Waals surface area (Å²) < 4.78 is 0. The van der Waals surface area contributed by atoms with Gasteiger partial charge in [-0.25, -0.2) is 19.4 Å². The fourth-order valence-corrected chi connectivity index (χ4v) is 1.77. The summed E-state index contributed by atoms with van der Waals surface area (Å²) in [5.74, 6) is -4.68. The summed E-state index contributed by atoms with van der Waals surface area (Å²) >= 11 is 0. The molecule has 0 spiro atoms. The third-order valence-corrected chi connectivity index (χ3v) is 3.05. The van der Waals surface area contributed by atoms with Crippen molar-refractivity contribution in [3.63, 3.8) is 0 Å². The van der Waals surface area contributed by atoms with Gasteiger partial charge in [-0.2, -0.15) is 0 Å². The molecule has 0 aliphatic rings. The van der Waals surface area contributed by atoms with E-state index < -0.39 is 36.1 Å². The van der Waals surface area contributed by atoms with E-state index in [0.717, 1.165) is 0 Å². The summed E-state index contributed by atoms with van der Waals surface area (Å²) in [7, 11) is 0. The molecule has 0 aromatic heterocycles. The fraction of sp³-hybridized carbons (Fsp3) is 0.714. The smallest absolute Gasteiger partial charge is 0.336 e. The number of carboxylic acid groups (broad SMARTS) is 4. The zero-order valence-corrected chi connectivity index (χ0v) is 13.0. The van der Waals surface area contributed by atoms with Gasteiger partial charge in [0.05, 0.1) is 0 Å². The van der Waals surface area contributed by atoms with Gasteiger partial charge in [0.15, 0.2) is 12.2 Å². The molecule has 0 rings (SSSR count). The van der Waals surface area contributed by atoms with Crippen LogP contribution in [0.5, 0.6) is 0 Å². The highest BCUT2D eigenvalue weighted by Gasteiger charge is 2.25. The maximum Gasteiger partial charge on any atom is 0.336 e.